The van der Waals surface area contributed by atoms with Gasteiger partial charge in [-0.25, -0.2) is 0 Å². The fourth-order valence-corrected chi connectivity index (χ4v) is 2.45. The molecule has 1 aromatic heterocycles. The third-order valence-electron chi connectivity index (χ3n) is 3.74. The highest BCUT2D eigenvalue weighted by molar-refractivity contribution is 4.93. The first-order valence-electron chi connectivity index (χ1n) is 6.92. The average molecular weight is 252 g/mol. The molecule has 0 bridgehead atoms. The summed E-state index contributed by atoms with van der Waals surface area (Å²) in [6, 6.07) is 0. The largest absolute Gasteiger partial charge is 0.392 e. The normalized spacial score (nSPS) is 26.2. The van der Waals surface area contributed by atoms with Crippen molar-refractivity contribution in [2.24, 2.45) is 5.92 Å². The van der Waals surface area contributed by atoms with Gasteiger partial charge in [-0.3, -0.25) is 0 Å². The molecule has 3 rings (SSSR count). The van der Waals surface area contributed by atoms with Gasteiger partial charge in [0.1, 0.15) is 0 Å². The Balaban J connectivity index is 1.51. The summed E-state index contributed by atoms with van der Waals surface area (Å²) in [5, 5.41) is 13.8. The second-order valence-corrected chi connectivity index (χ2v) is 5.41. The van der Waals surface area contributed by atoms with E-state index < -0.39 is 0 Å². The minimum atomic E-state index is -0.316. The van der Waals surface area contributed by atoms with Gasteiger partial charge in [-0.15, -0.1) is 0 Å². The maximum atomic E-state index is 9.82. The van der Waals surface area contributed by atoms with Crippen molar-refractivity contribution in [3.05, 3.63) is 11.7 Å². The van der Waals surface area contributed by atoms with Crippen molar-refractivity contribution in [3.63, 3.8) is 0 Å². The van der Waals surface area contributed by atoms with E-state index in [4.69, 9.17) is 9.26 Å². The quantitative estimate of drug-likeness (QED) is 0.860. The third kappa shape index (κ3) is 3.09. The summed E-state index contributed by atoms with van der Waals surface area (Å²) in [5.41, 5.74) is 0. The fraction of sp³-hybridized carbons (Fsp3) is 0.846. The van der Waals surface area contributed by atoms with E-state index >= 15 is 0 Å². The summed E-state index contributed by atoms with van der Waals surface area (Å²) in [4.78, 5) is 4.34. The number of aliphatic hydroxyl groups is 1. The molecular formula is C13H20N2O3. The molecule has 2 atom stereocenters. The Morgan fingerprint density at radius 1 is 1.28 bits per heavy atom. The van der Waals surface area contributed by atoms with Crippen LogP contribution in [0, 0.1) is 5.92 Å². The topological polar surface area (TPSA) is 68.4 Å². The molecule has 2 heterocycles. The van der Waals surface area contributed by atoms with Crippen LogP contribution >= 0.6 is 0 Å². The smallest absolute Gasteiger partial charge is 0.229 e. The van der Waals surface area contributed by atoms with Crippen LogP contribution in [-0.2, 0) is 17.6 Å². The monoisotopic (exact) mass is 252 g/mol. The molecule has 0 radical (unpaired) electrons. The van der Waals surface area contributed by atoms with Gasteiger partial charge in [-0.1, -0.05) is 5.16 Å². The van der Waals surface area contributed by atoms with E-state index in [2.05, 4.69) is 10.1 Å². The van der Waals surface area contributed by atoms with Crippen LogP contribution in [0.4, 0.5) is 0 Å². The Bertz CT molecular complexity index is 383. The molecule has 100 valence electrons. The van der Waals surface area contributed by atoms with E-state index in [1.54, 1.807) is 0 Å². The summed E-state index contributed by atoms with van der Waals surface area (Å²) < 4.78 is 10.8. The number of nitrogens with zero attached hydrogens (tertiary/aromatic N) is 2. The molecule has 0 amide bonds. The molecule has 0 aromatic carbocycles. The van der Waals surface area contributed by atoms with Crippen LogP contribution in [0.2, 0.25) is 0 Å². The Morgan fingerprint density at radius 2 is 2.17 bits per heavy atom. The lowest BCUT2D eigenvalue weighted by atomic mass is 10.1. The van der Waals surface area contributed by atoms with Crippen molar-refractivity contribution in [2.45, 2.75) is 57.2 Å². The highest BCUT2D eigenvalue weighted by atomic mass is 16.5. The number of aromatic nitrogens is 2. The van der Waals surface area contributed by atoms with Crippen molar-refractivity contribution >= 4 is 0 Å². The zero-order valence-electron chi connectivity index (χ0n) is 10.5. The molecule has 1 aliphatic carbocycles. The average Bonchev–Trinajstić information content (AvgIpc) is 3.15. The van der Waals surface area contributed by atoms with Crippen LogP contribution in [0.25, 0.3) is 0 Å². The van der Waals surface area contributed by atoms with Crippen molar-refractivity contribution in [2.75, 3.05) is 6.61 Å². The van der Waals surface area contributed by atoms with Gasteiger partial charge in [0, 0.05) is 13.0 Å². The number of hydrogen-bond acceptors (Lipinski definition) is 5. The fourth-order valence-electron chi connectivity index (χ4n) is 2.45. The lowest BCUT2D eigenvalue weighted by Crippen LogP contribution is -2.21. The zero-order valence-corrected chi connectivity index (χ0v) is 10.5. The van der Waals surface area contributed by atoms with E-state index in [9.17, 15) is 5.11 Å². The Hall–Kier alpha value is -0.940. The standard InChI is InChI=1S/C13H20N2O3/c16-11(9-4-5-9)8-13-14-12(15-18-13)7-10-3-1-2-6-17-10/h9-11,16H,1-8H2. The molecule has 2 fully saturated rings. The summed E-state index contributed by atoms with van der Waals surface area (Å²) in [6.07, 6.45) is 6.83. The van der Waals surface area contributed by atoms with Crippen LogP contribution in [0.3, 0.4) is 0 Å². The number of ether oxygens (including phenoxy) is 1. The molecule has 18 heavy (non-hydrogen) atoms. The second-order valence-electron chi connectivity index (χ2n) is 5.41. The molecule has 1 saturated carbocycles. The molecule has 0 spiro atoms. The molecule has 1 N–H and O–H groups in total. The molecule has 1 aliphatic heterocycles. The maximum absolute atomic E-state index is 9.82. The summed E-state index contributed by atoms with van der Waals surface area (Å²) >= 11 is 0. The SMILES string of the molecule is OC(Cc1nc(CC2CCCCO2)no1)C1CC1. The van der Waals surface area contributed by atoms with E-state index in [1.807, 2.05) is 0 Å². The summed E-state index contributed by atoms with van der Waals surface area (Å²) in [5.74, 6) is 1.71. The van der Waals surface area contributed by atoms with E-state index in [0.717, 1.165) is 38.7 Å². The van der Waals surface area contributed by atoms with E-state index in [1.165, 1.54) is 6.42 Å². The van der Waals surface area contributed by atoms with Gasteiger partial charge >= 0.3 is 0 Å². The number of hydrogen-bond donors (Lipinski definition) is 1. The van der Waals surface area contributed by atoms with Crippen molar-refractivity contribution in [1.82, 2.24) is 10.1 Å². The lowest BCUT2D eigenvalue weighted by Gasteiger charge is -2.20. The van der Waals surface area contributed by atoms with Crippen molar-refractivity contribution in [1.29, 1.82) is 0 Å². The van der Waals surface area contributed by atoms with Gasteiger partial charge in [0.2, 0.25) is 5.89 Å². The van der Waals surface area contributed by atoms with Crippen molar-refractivity contribution < 1.29 is 14.4 Å². The molecule has 1 aromatic rings. The molecule has 5 nitrogen and oxygen atoms in total. The molecular weight excluding hydrogens is 232 g/mol. The predicted octanol–water partition coefficient (Wildman–Crippen LogP) is 1.49. The van der Waals surface area contributed by atoms with Crippen LogP contribution in [0.15, 0.2) is 4.52 Å². The molecule has 2 aliphatic rings. The third-order valence-corrected chi connectivity index (χ3v) is 3.74. The van der Waals surface area contributed by atoms with Crippen LogP contribution < -0.4 is 0 Å². The second kappa shape index (κ2) is 5.36. The van der Waals surface area contributed by atoms with Crippen LogP contribution in [-0.4, -0.2) is 34.1 Å². The minimum absolute atomic E-state index is 0.234. The maximum Gasteiger partial charge on any atom is 0.229 e. The van der Waals surface area contributed by atoms with E-state index in [0.29, 0.717) is 24.1 Å². The molecule has 1 saturated heterocycles. The Kier molecular flexibility index (Phi) is 3.61. The predicted molar refractivity (Wildman–Crippen MR) is 64.0 cm³/mol. The molecule has 2 unspecified atom stereocenters. The first-order valence-corrected chi connectivity index (χ1v) is 6.92. The van der Waals surface area contributed by atoms with Gasteiger partial charge in [0.25, 0.3) is 0 Å². The first-order chi connectivity index (χ1) is 8.81. The van der Waals surface area contributed by atoms with Gasteiger partial charge < -0.3 is 14.4 Å². The zero-order chi connectivity index (χ0) is 12.4. The van der Waals surface area contributed by atoms with E-state index in [-0.39, 0.29) is 12.2 Å². The highest BCUT2D eigenvalue weighted by Crippen LogP contribution is 2.33. The Labute approximate surface area is 107 Å². The Morgan fingerprint density at radius 3 is 2.89 bits per heavy atom. The number of aliphatic hydroxyl groups excluding tert-OH is 1. The summed E-state index contributed by atoms with van der Waals surface area (Å²) in [7, 11) is 0. The number of rotatable bonds is 5. The van der Waals surface area contributed by atoms with Gasteiger partial charge in [-0.2, -0.15) is 4.98 Å². The highest BCUT2D eigenvalue weighted by Gasteiger charge is 2.31. The van der Waals surface area contributed by atoms with Gasteiger partial charge in [-0.05, 0) is 38.0 Å². The minimum Gasteiger partial charge on any atom is -0.392 e. The first kappa shape index (κ1) is 12.1. The molecule has 5 heteroatoms. The van der Waals surface area contributed by atoms with Crippen molar-refractivity contribution in [3.8, 4) is 0 Å². The van der Waals surface area contributed by atoms with Crippen LogP contribution in [0.1, 0.15) is 43.8 Å². The van der Waals surface area contributed by atoms with Gasteiger partial charge in [0.15, 0.2) is 5.82 Å². The summed E-state index contributed by atoms with van der Waals surface area (Å²) in [6.45, 7) is 0.843. The van der Waals surface area contributed by atoms with Crippen LogP contribution in [0.5, 0.6) is 0 Å². The van der Waals surface area contributed by atoms with Gasteiger partial charge in [0.05, 0.1) is 18.6 Å². The lowest BCUT2D eigenvalue weighted by molar-refractivity contribution is 0.0153.